The second-order valence-electron chi connectivity index (χ2n) is 7.66. The van der Waals surface area contributed by atoms with Crippen LogP contribution in [0.25, 0.3) is 0 Å². The van der Waals surface area contributed by atoms with E-state index >= 15 is 0 Å². The fourth-order valence-electron chi connectivity index (χ4n) is 4.35. The molecule has 140 valence electrons. The standard InChI is InChI=1S/C20H27N3O3/c24-18-20(10-6-2-1-3-7-11-20)21-19(25)23(18)15-22-12-13-26-17-9-5-4-8-16(17)14-22/h4-5,8-9H,1-3,6-7,10-15H2,(H,21,25). The number of benzene rings is 1. The fraction of sp³-hybridized carbons (Fsp3) is 0.600. The van der Waals surface area contributed by atoms with Crippen molar-refractivity contribution in [3.8, 4) is 5.75 Å². The van der Waals surface area contributed by atoms with E-state index in [0.29, 0.717) is 26.4 Å². The van der Waals surface area contributed by atoms with Crippen LogP contribution in [0.3, 0.4) is 0 Å². The fourth-order valence-corrected chi connectivity index (χ4v) is 4.35. The Balaban J connectivity index is 1.48. The van der Waals surface area contributed by atoms with E-state index in [1.54, 1.807) is 0 Å². The molecule has 2 fully saturated rings. The van der Waals surface area contributed by atoms with Crippen molar-refractivity contribution in [3.63, 3.8) is 0 Å². The maximum atomic E-state index is 13.1. The molecule has 1 saturated heterocycles. The highest BCUT2D eigenvalue weighted by Crippen LogP contribution is 2.32. The van der Waals surface area contributed by atoms with Gasteiger partial charge in [-0.1, -0.05) is 50.3 Å². The smallest absolute Gasteiger partial charge is 0.326 e. The second kappa shape index (κ2) is 7.27. The summed E-state index contributed by atoms with van der Waals surface area (Å²) in [5.74, 6) is 0.853. The monoisotopic (exact) mass is 357 g/mol. The molecule has 1 aliphatic carbocycles. The maximum Gasteiger partial charge on any atom is 0.326 e. The highest BCUT2D eigenvalue weighted by molar-refractivity contribution is 6.07. The molecule has 0 bridgehead atoms. The van der Waals surface area contributed by atoms with Crippen molar-refractivity contribution in [3.05, 3.63) is 29.8 Å². The predicted octanol–water partition coefficient (Wildman–Crippen LogP) is 2.87. The SMILES string of the molecule is O=C1NC2(CCCCCCC2)C(=O)N1CN1CCOc2ccccc2C1. The number of urea groups is 1. The molecule has 2 aliphatic heterocycles. The minimum Gasteiger partial charge on any atom is -0.492 e. The molecule has 0 unspecified atom stereocenters. The predicted molar refractivity (Wildman–Crippen MR) is 97.6 cm³/mol. The van der Waals surface area contributed by atoms with Gasteiger partial charge in [0.2, 0.25) is 0 Å². The molecule has 1 spiro atoms. The lowest BCUT2D eigenvalue weighted by molar-refractivity contribution is -0.133. The Hall–Kier alpha value is -2.08. The molecule has 2 heterocycles. The minimum atomic E-state index is -0.669. The first-order valence-corrected chi connectivity index (χ1v) is 9.75. The van der Waals surface area contributed by atoms with Gasteiger partial charge in [-0.05, 0) is 18.9 Å². The van der Waals surface area contributed by atoms with E-state index in [1.807, 2.05) is 24.3 Å². The number of nitrogens with one attached hydrogen (secondary N) is 1. The van der Waals surface area contributed by atoms with Gasteiger partial charge >= 0.3 is 6.03 Å². The second-order valence-corrected chi connectivity index (χ2v) is 7.66. The van der Waals surface area contributed by atoms with Crippen LogP contribution < -0.4 is 10.1 Å². The van der Waals surface area contributed by atoms with Gasteiger partial charge in [-0.3, -0.25) is 9.69 Å². The summed E-state index contributed by atoms with van der Waals surface area (Å²) in [5, 5.41) is 3.04. The van der Waals surface area contributed by atoms with Gasteiger partial charge in [0.05, 0.1) is 6.67 Å². The third-order valence-electron chi connectivity index (χ3n) is 5.83. The summed E-state index contributed by atoms with van der Waals surface area (Å²) in [7, 11) is 0. The number of carbonyl (C=O) groups excluding carboxylic acids is 2. The third kappa shape index (κ3) is 3.30. The van der Waals surface area contributed by atoms with E-state index in [1.165, 1.54) is 11.3 Å². The summed E-state index contributed by atoms with van der Waals surface area (Å²) in [4.78, 5) is 29.3. The van der Waals surface area contributed by atoms with Gasteiger partial charge in [0.1, 0.15) is 17.9 Å². The van der Waals surface area contributed by atoms with Crippen LogP contribution in [0.4, 0.5) is 4.79 Å². The molecule has 0 atom stereocenters. The Labute approximate surface area is 154 Å². The maximum absolute atomic E-state index is 13.1. The highest BCUT2D eigenvalue weighted by Gasteiger charge is 2.50. The number of nitrogens with zero attached hydrogens (tertiary/aromatic N) is 2. The first-order chi connectivity index (χ1) is 12.7. The summed E-state index contributed by atoms with van der Waals surface area (Å²) < 4.78 is 5.79. The molecule has 3 aliphatic rings. The number of para-hydroxylation sites is 1. The third-order valence-corrected chi connectivity index (χ3v) is 5.83. The molecule has 26 heavy (non-hydrogen) atoms. The Bertz CT molecular complexity index is 683. The molecule has 0 aromatic heterocycles. The van der Waals surface area contributed by atoms with Crippen LogP contribution in [0.1, 0.15) is 50.5 Å². The number of carbonyl (C=O) groups is 2. The summed E-state index contributed by atoms with van der Waals surface area (Å²) in [6, 6.07) is 7.72. The van der Waals surface area contributed by atoms with E-state index in [-0.39, 0.29) is 11.9 Å². The first-order valence-electron chi connectivity index (χ1n) is 9.75. The zero-order valence-electron chi connectivity index (χ0n) is 15.2. The highest BCUT2D eigenvalue weighted by atomic mass is 16.5. The number of rotatable bonds is 2. The number of ether oxygens (including phenoxy) is 1. The van der Waals surface area contributed by atoms with Crippen molar-refractivity contribution in [2.75, 3.05) is 19.8 Å². The van der Waals surface area contributed by atoms with Gasteiger partial charge in [-0.2, -0.15) is 0 Å². The summed E-state index contributed by atoms with van der Waals surface area (Å²) in [6.07, 6.45) is 7.06. The van der Waals surface area contributed by atoms with Crippen molar-refractivity contribution in [1.29, 1.82) is 0 Å². The van der Waals surface area contributed by atoms with Crippen molar-refractivity contribution in [2.45, 2.75) is 57.0 Å². The molecule has 1 N–H and O–H groups in total. The van der Waals surface area contributed by atoms with E-state index in [4.69, 9.17) is 4.74 Å². The van der Waals surface area contributed by atoms with Crippen LogP contribution in [-0.4, -0.2) is 47.1 Å². The number of imide groups is 1. The van der Waals surface area contributed by atoms with Crippen LogP contribution in [0.5, 0.6) is 5.75 Å². The normalized spacial score (nSPS) is 23.6. The van der Waals surface area contributed by atoms with Gasteiger partial charge in [0, 0.05) is 18.7 Å². The molecular formula is C20H27N3O3. The number of hydrogen-bond donors (Lipinski definition) is 1. The van der Waals surface area contributed by atoms with Crippen LogP contribution in [0.2, 0.25) is 0 Å². The lowest BCUT2D eigenvalue weighted by atomic mass is 9.84. The molecule has 1 aromatic rings. The molecule has 0 radical (unpaired) electrons. The molecule has 6 nitrogen and oxygen atoms in total. The van der Waals surface area contributed by atoms with Crippen molar-refractivity contribution < 1.29 is 14.3 Å². The summed E-state index contributed by atoms with van der Waals surface area (Å²) in [5.41, 5.74) is 0.426. The van der Waals surface area contributed by atoms with Crippen LogP contribution >= 0.6 is 0 Å². The number of fused-ring (bicyclic) bond motifs is 1. The topological polar surface area (TPSA) is 61.9 Å². The molecule has 6 heteroatoms. The van der Waals surface area contributed by atoms with Gasteiger partial charge in [-0.25, -0.2) is 9.69 Å². The quantitative estimate of drug-likeness (QED) is 0.827. The molecule has 4 rings (SSSR count). The van der Waals surface area contributed by atoms with Crippen molar-refractivity contribution in [1.82, 2.24) is 15.1 Å². The molecule has 1 saturated carbocycles. The van der Waals surface area contributed by atoms with Gasteiger partial charge < -0.3 is 10.1 Å². The van der Waals surface area contributed by atoms with E-state index in [2.05, 4.69) is 10.2 Å². The Morgan fingerprint density at radius 2 is 1.77 bits per heavy atom. The van der Waals surface area contributed by atoms with E-state index in [9.17, 15) is 9.59 Å². The number of amides is 3. The zero-order chi connectivity index (χ0) is 18.0. The molecule has 1 aromatic carbocycles. The van der Waals surface area contributed by atoms with Gasteiger partial charge in [0.25, 0.3) is 5.91 Å². The number of hydrogen-bond acceptors (Lipinski definition) is 4. The lowest BCUT2D eigenvalue weighted by Crippen LogP contribution is -2.48. The van der Waals surface area contributed by atoms with Crippen LogP contribution in [0.15, 0.2) is 24.3 Å². The zero-order valence-corrected chi connectivity index (χ0v) is 15.2. The summed E-state index contributed by atoms with van der Waals surface area (Å²) in [6.45, 7) is 2.26. The summed E-state index contributed by atoms with van der Waals surface area (Å²) >= 11 is 0. The Morgan fingerprint density at radius 1 is 1.04 bits per heavy atom. The van der Waals surface area contributed by atoms with E-state index < -0.39 is 5.54 Å². The van der Waals surface area contributed by atoms with Crippen molar-refractivity contribution >= 4 is 11.9 Å². The largest absolute Gasteiger partial charge is 0.492 e. The van der Waals surface area contributed by atoms with Gasteiger partial charge in [0.15, 0.2) is 0 Å². The molecular weight excluding hydrogens is 330 g/mol. The van der Waals surface area contributed by atoms with Crippen molar-refractivity contribution in [2.24, 2.45) is 0 Å². The Kier molecular flexibility index (Phi) is 4.85. The minimum absolute atomic E-state index is 0.0390. The average molecular weight is 357 g/mol. The Morgan fingerprint density at radius 3 is 2.58 bits per heavy atom. The van der Waals surface area contributed by atoms with Crippen LogP contribution in [-0.2, 0) is 11.3 Å². The van der Waals surface area contributed by atoms with E-state index in [0.717, 1.165) is 49.8 Å². The lowest BCUT2D eigenvalue weighted by Gasteiger charge is -2.29. The molecule has 3 amide bonds. The van der Waals surface area contributed by atoms with Crippen LogP contribution in [0, 0.1) is 0 Å². The first kappa shape index (κ1) is 17.3. The van der Waals surface area contributed by atoms with Gasteiger partial charge in [-0.15, -0.1) is 0 Å². The average Bonchev–Trinajstić information content (AvgIpc) is 2.76.